The molecular weight excluding hydrogens is 421 g/mol. The Bertz CT molecular complexity index is 1080. The summed E-state index contributed by atoms with van der Waals surface area (Å²) in [4.78, 5) is 13.4. The third-order valence-electron chi connectivity index (χ3n) is 5.89. The minimum absolute atomic E-state index is 0.0932. The molecule has 1 atom stereocenters. The standard InChI is InChI=1S/C22H26FN3O4S/c1-30-20-7-3-2-6-16(20)19(26-10-4-5-11-26)14-24-31(28,29)21-12-15-8-9-22(27)25-18(15)13-17(21)23/h2-3,6-7,12-13,19,24H,4-5,8-11,14H2,1H3,(H,25,27). The van der Waals surface area contributed by atoms with Crippen LogP contribution >= 0.6 is 0 Å². The Hall–Kier alpha value is -2.49. The van der Waals surface area contributed by atoms with Gasteiger partial charge in [0.15, 0.2) is 0 Å². The van der Waals surface area contributed by atoms with E-state index in [1.54, 1.807) is 7.11 Å². The number of nitrogens with zero attached hydrogens (tertiary/aromatic N) is 1. The van der Waals surface area contributed by atoms with E-state index in [0.717, 1.165) is 37.6 Å². The lowest BCUT2D eigenvalue weighted by Gasteiger charge is -2.29. The number of anilines is 1. The molecule has 7 nitrogen and oxygen atoms in total. The van der Waals surface area contributed by atoms with Crippen molar-refractivity contribution in [2.45, 2.75) is 36.6 Å². The number of ether oxygens (including phenoxy) is 1. The number of hydrogen-bond donors (Lipinski definition) is 2. The van der Waals surface area contributed by atoms with Crippen LogP contribution in [-0.2, 0) is 21.2 Å². The Morgan fingerprint density at radius 3 is 2.68 bits per heavy atom. The highest BCUT2D eigenvalue weighted by Crippen LogP contribution is 2.32. The molecule has 1 fully saturated rings. The first kappa shape index (κ1) is 21.7. The molecule has 0 radical (unpaired) electrons. The number of para-hydroxylation sites is 1. The van der Waals surface area contributed by atoms with Crippen molar-refractivity contribution in [1.29, 1.82) is 0 Å². The number of rotatable bonds is 7. The Balaban J connectivity index is 1.60. The van der Waals surface area contributed by atoms with Crippen LogP contribution in [0.4, 0.5) is 10.1 Å². The maximum atomic E-state index is 14.7. The quantitative estimate of drug-likeness (QED) is 0.682. The maximum absolute atomic E-state index is 14.7. The van der Waals surface area contributed by atoms with Gasteiger partial charge in [-0.1, -0.05) is 18.2 Å². The van der Waals surface area contributed by atoms with Crippen molar-refractivity contribution in [1.82, 2.24) is 9.62 Å². The van der Waals surface area contributed by atoms with Crippen LogP contribution in [0, 0.1) is 5.82 Å². The fourth-order valence-electron chi connectivity index (χ4n) is 4.28. The van der Waals surface area contributed by atoms with Gasteiger partial charge in [0, 0.05) is 24.2 Å². The van der Waals surface area contributed by atoms with Crippen LogP contribution in [0.15, 0.2) is 41.3 Å². The monoisotopic (exact) mass is 447 g/mol. The molecule has 1 unspecified atom stereocenters. The van der Waals surface area contributed by atoms with Gasteiger partial charge in [-0.3, -0.25) is 9.69 Å². The lowest BCUT2D eigenvalue weighted by molar-refractivity contribution is -0.116. The summed E-state index contributed by atoms with van der Waals surface area (Å²) >= 11 is 0. The SMILES string of the molecule is COc1ccccc1C(CNS(=O)(=O)c1cc2c(cc1F)NC(=O)CC2)N1CCCC1. The lowest BCUT2D eigenvalue weighted by atomic mass is 10.0. The Morgan fingerprint density at radius 2 is 1.94 bits per heavy atom. The second-order valence-corrected chi connectivity index (χ2v) is 9.58. The summed E-state index contributed by atoms with van der Waals surface area (Å²) in [6.45, 7) is 1.81. The molecule has 0 bridgehead atoms. The molecule has 4 rings (SSSR count). The summed E-state index contributed by atoms with van der Waals surface area (Å²) in [7, 11) is -2.51. The lowest BCUT2D eigenvalue weighted by Crippen LogP contribution is -2.37. The van der Waals surface area contributed by atoms with Crippen molar-refractivity contribution in [2.75, 3.05) is 32.1 Å². The van der Waals surface area contributed by atoms with Gasteiger partial charge in [-0.2, -0.15) is 0 Å². The number of benzene rings is 2. The van der Waals surface area contributed by atoms with E-state index in [2.05, 4.69) is 14.9 Å². The van der Waals surface area contributed by atoms with Crippen molar-refractivity contribution >= 4 is 21.6 Å². The van der Waals surface area contributed by atoms with E-state index in [4.69, 9.17) is 4.74 Å². The van der Waals surface area contributed by atoms with E-state index in [0.29, 0.717) is 23.4 Å². The number of nitrogens with one attached hydrogen (secondary N) is 2. The van der Waals surface area contributed by atoms with Gasteiger partial charge in [-0.15, -0.1) is 0 Å². The molecule has 2 heterocycles. The van der Waals surface area contributed by atoms with E-state index < -0.39 is 20.7 Å². The molecule has 0 aromatic heterocycles. The van der Waals surface area contributed by atoms with Crippen LogP contribution in [0.5, 0.6) is 5.75 Å². The summed E-state index contributed by atoms with van der Waals surface area (Å²) in [5, 5.41) is 2.59. The van der Waals surface area contributed by atoms with Crippen LogP contribution in [-0.4, -0.2) is 46.0 Å². The second kappa shape index (κ2) is 8.94. The molecule has 2 aromatic rings. The first-order chi connectivity index (χ1) is 14.9. The molecule has 2 aromatic carbocycles. The van der Waals surface area contributed by atoms with Crippen LogP contribution in [0.25, 0.3) is 0 Å². The minimum atomic E-state index is -4.10. The number of likely N-dealkylation sites (tertiary alicyclic amines) is 1. The fraction of sp³-hybridized carbons (Fsp3) is 0.409. The van der Waals surface area contributed by atoms with Crippen LogP contribution < -0.4 is 14.8 Å². The second-order valence-electron chi connectivity index (χ2n) is 7.84. The predicted molar refractivity (Wildman–Crippen MR) is 115 cm³/mol. The molecule has 2 aliphatic heterocycles. The van der Waals surface area contributed by atoms with Gasteiger partial charge in [-0.05, 0) is 56.1 Å². The van der Waals surface area contributed by atoms with Crippen molar-refractivity contribution in [3.63, 3.8) is 0 Å². The third kappa shape index (κ3) is 4.58. The van der Waals surface area contributed by atoms with Gasteiger partial charge in [0.2, 0.25) is 15.9 Å². The Kier molecular flexibility index (Phi) is 6.27. The molecule has 0 saturated carbocycles. The number of carbonyl (C=O) groups excluding carboxylic acids is 1. The minimum Gasteiger partial charge on any atom is -0.496 e. The molecule has 0 spiro atoms. The van der Waals surface area contributed by atoms with Crippen molar-refractivity contribution < 1.29 is 22.3 Å². The zero-order valence-electron chi connectivity index (χ0n) is 17.4. The summed E-state index contributed by atoms with van der Waals surface area (Å²) in [6.07, 6.45) is 2.71. The molecule has 2 N–H and O–H groups in total. The molecule has 0 aliphatic carbocycles. The van der Waals surface area contributed by atoms with Gasteiger partial charge >= 0.3 is 0 Å². The maximum Gasteiger partial charge on any atom is 0.243 e. The normalized spacial score (nSPS) is 17.8. The highest BCUT2D eigenvalue weighted by Gasteiger charge is 2.29. The smallest absolute Gasteiger partial charge is 0.243 e. The van der Waals surface area contributed by atoms with Crippen molar-refractivity contribution in [3.8, 4) is 5.75 Å². The van der Waals surface area contributed by atoms with Gasteiger partial charge in [0.25, 0.3) is 0 Å². The van der Waals surface area contributed by atoms with Gasteiger partial charge in [-0.25, -0.2) is 17.5 Å². The average molecular weight is 448 g/mol. The third-order valence-corrected chi connectivity index (χ3v) is 7.33. The molecule has 1 amide bonds. The van der Waals surface area contributed by atoms with Crippen LogP contribution in [0.3, 0.4) is 0 Å². The molecule has 9 heteroatoms. The zero-order chi connectivity index (χ0) is 22.0. The first-order valence-corrected chi connectivity index (χ1v) is 11.9. The number of hydrogen-bond acceptors (Lipinski definition) is 5. The number of methoxy groups -OCH3 is 1. The van der Waals surface area contributed by atoms with Crippen molar-refractivity contribution in [2.24, 2.45) is 0 Å². The molecule has 31 heavy (non-hydrogen) atoms. The van der Waals surface area contributed by atoms with Crippen LogP contribution in [0.1, 0.15) is 36.4 Å². The predicted octanol–water partition coefficient (Wildman–Crippen LogP) is 2.83. The van der Waals surface area contributed by atoms with Gasteiger partial charge < -0.3 is 10.1 Å². The Morgan fingerprint density at radius 1 is 1.19 bits per heavy atom. The Labute approximate surface area is 181 Å². The number of amides is 1. The van der Waals surface area contributed by atoms with E-state index in [1.807, 2.05) is 24.3 Å². The molecule has 1 saturated heterocycles. The number of sulfonamides is 1. The summed E-state index contributed by atoms with van der Waals surface area (Å²) in [6, 6.07) is 9.72. The summed E-state index contributed by atoms with van der Waals surface area (Å²) in [5.74, 6) is -0.399. The van der Waals surface area contributed by atoms with E-state index in [1.165, 1.54) is 6.07 Å². The molecular formula is C22H26FN3O4S. The summed E-state index contributed by atoms with van der Waals surface area (Å²) in [5.41, 5.74) is 1.84. The number of aryl methyl sites for hydroxylation is 1. The van der Waals surface area contributed by atoms with Crippen LogP contribution in [0.2, 0.25) is 0 Å². The number of fused-ring (bicyclic) bond motifs is 1. The molecule has 2 aliphatic rings. The number of carbonyl (C=O) groups is 1. The van der Waals surface area contributed by atoms with Gasteiger partial charge in [0.05, 0.1) is 13.2 Å². The highest BCUT2D eigenvalue weighted by atomic mass is 32.2. The van der Waals surface area contributed by atoms with Crippen molar-refractivity contribution in [3.05, 3.63) is 53.3 Å². The largest absolute Gasteiger partial charge is 0.496 e. The van der Waals surface area contributed by atoms with Gasteiger partial charge in [0.1, 0.15) is 16.5 Å². The van der Waals surface area contributed by atoms with E-state index in [-0.39, 0.29) is 24.9 Å². The molecule has 166 valence electrons. The van der Waals surface area contributed by atoms with E-state index >= 15 is 0 Å². The topological polar surface area (TPSA) is 87.7 Å². The fourth-order valence-corrected chi connectivity index (χ4v) is 5.43. The summed E-state index contributed by atoms with van der Waals surface area (Å²) < 4.78 is 48.8. The average Bonchev–Trinajstić information content (AvgIpc) is 3.28. The zero-order valence-corrected chi connectivity index (χ0v) is 18.2. The number of halogens is 1. The highest BCUT2D eigenvalue weighted by molar-refractivity contribution is 7.89. The van der Waals surface area contributed by atoms with E-state index in [9.17, 15) is 17.6 Å². The first-order valence-electron chi connectivity index (χ1n) is 10.4.